The Kier molecular flexibility index (Phi) is 5.15. The van der Waals surface area contributed by atoms with Crippen LogP contribution < -0.4 is 0 Å². The first-order chi connectivity index (χ1) is 11.8. The summed E-state index contributed by atoms with van der Waals surface area (Å²) in [6, 6.07) is 0. The van der Waals surface area contributed by atoms with Gasteiger partial charge in [-0.1, -0.05) is 0 Å². The predicted molar refractivity (Wildman–Crippen MR) is 94.1 cm³/mol. The van der Waals surface area contributed by atoms with Crippen molar-refractivity contribution in [3.63, 3.8) is 0 Å². The van der Waals surface area contributed by atoms with Crippen LogP contribution in [0.4, 0.5) is 0 Å². The number of hydrogen-bond donors (Lipinski definition) is 0. The number of thiazole rings is 1. The molecule has 1 aliphatic carbocycles. The first-order valence-corrected chi connectivity index (χ1v) is 10.2. The van der Waals surface area contributed by atoms with E-state index in [0.29, 0.717) is 25.0 Å². The quantitative estimate of drug-likeness (QED) is 0.819. The first-order valence-electron chi connectivity index (χ1n) is 9.30. The number of amides is 1. The lowest BCUT2D eigenvalue weighted by Crippen LogP contribution is -2.42. The minimum atomic E-state index is 0.324. The summed E-state index contributed by atoms with van der Waals surface area (Å²) in [5.74, 6) is 1.64. The third kappa shape index (κ3) is 4.16. The van der Waals surface area contributed by atoms with Gasteiger partial charge in [-0.25, -0.2) is 4.98 Å². The Morgan fingerprint density at radius 1 is 1.17 bits per heavy atom. The molecule has 6 heteroatoms. The van der Waals surface area contributed by atoms with Gasteiger partial charge >= 0.3 is 0 Å². The van der Waals surface area contributed by atoms with Crippen LogP contribution in [-0.4, -0.2) is 60.1 Å². The van der Waals surface area contributed by atoms with Gasteiger partial charge in [0.1, 0.15) is 0 Å². The molecule has 1 saturated carbocycles. The Bertz CT molecular complexity index is 558. The van der Waals surface area contributed by atoms with Crippen LogP contribution in [0.5, 0.6) is 0 Å². The second-order valence-corrected chi connectivity index (χ2v) is 8.26. The molecule has 132 valence electrons. The molecule has 4 rings (SSSR count). The lowest BCUT2D eigenvalue weighted by Gasteiger charge is -2.33. The van der Waals surface area contributed by atoms with E-state index in [1.54, 1.807) is 0 Å². The average Bonchev–Trinajstić information content (AvgIpc) is 3.37. The van der Waals surface area contributed by atoms with Crippen LogP contribution in [0.15, 0.2) is 5.38 Å². The van der Waals surface area contributed by atoms with Crippen molar-refractivity contribution < 1.29 is 9.53 Å². The molecule has 1 aromatic heterocycles. The number of nitrogens with zero attached hydrogens (tertiary/aromatic N) is 3. The molecule has 0 spiro atoms. The number of rotatable bonds is 5. The summed E-state index contributed by atoms with van der Waals surface area (Å²) in [7, 11) is 0. The minimum absolute atomic E-state index is 0.324. The number of piperidine rings is 1. The average molecular weight is 350 g/mol. The molecule has 2 aliphatic heterocycles. The van der Waals surface area contributed by atoms with E-state index in [1.165, 1.54) is 23.5 Å². The third-order valence-electron chi connectivity index (χ3n) is 5.42. The van der Waals surface area contributed by atoms with E-state index in [2.05, 4.69) is 10.3 Å². The van der Waals surface area contributed by atoms with Gasteiger partial charge in [-0.15, -0.1) is 11.3 Å². The highest BCUT2D eigenvalue weighted by molar-refractivity contribution is 7.09. The number of carbonyl (C=O) groups is 1. The van der Waals surface area contributed by atoms with Gasteiger partial charge in [-0.3, -0.25) is 9.69 Å². The molecule has 3 aliphatic rings. The summed E-state index contributed by atoms with van der Waals surface area (Å²) >= 11 is 1.84. The van der Waals surface area contributed by atoms with E-state index < -0.39 is 0 Å². The predicted octanol–water partition coefficient (Wildman–Crippen LogP) is 2.48. The number of morpholine rings is 1. The lowest BCUT2D eigenvalue weighted by atomic mass is 9.93. The monoisotopic (exact) mass is 349 g/mol. The van der Waals surface area contributed by atoms with Gasteiger partial charge in [-0.2, -0.15) is 0 Å². The zero-order valence-electron chi connectivity index (χ0n) is 14.3. The van der Waals surface area contributed by atoms with E-state index in [-0.39, 0.29) is 0 Å². The normalized spacial score (nSPS) is 23.6. The Morgan fingerprint density at radius 3 is 2.62 bits per heavy atom. The zero-order valence-corrected chi connectivity index (χ0v) is 15.1. The molecule has 24 heavy (non-hydrogen) atoms. The van der Waals surface area contributed by atoms with Gasteiger partial charge in [0.05, 0.1) is 23.9 Å². The van der Waals surface area contributed by atoms with Crippen molar-refractivity contribution in [3.8, 4) is 0 Å². The summed E-state index contributed by atoms with van der Waals surface area (Å²) in [6.07, 6.45) is 5.65. The summed E-state index contributed by atoms with van der Waals surface area (Å²) in [5, 5.41) is 3.58. The maximum Gasteiger partial charge on any atom is 0.223 e. The Hall–Kier alpha value is -0.980. The second kappa shape index (κ2) is 7.50. The maximum absolute atomic E-state index is 12.4. The fourth-order valence-corrected chi connectivity index (χ4v) is 4.66. The topological polar surface area (TPSA) is 45.7 Å². The second-order valence-electron chi connectivity index (χ2n) is 7.37. The largest absolute Gasteiger partial charge is 0.378 e. The van der Waals surface area contributed by atoms with Crippen LogP contribution in [0.25, 0.3) is 0 Å². The van der Waals surface area contributed by atoms with Gasteiger partial charge in [-0.05, 0) is 44.7 Å². The van der Waals surface area contributed by atoms with Crippen molar-refractivity contribution in [1.29, 1.82) is 0 Å². The first kappa shape index (κ1) is 16.5. The molecule has 5 nitrogen and oxygen atoms in total. The number of aromatic nitrogens is 1. The highest BCUT2D eigenvalue weighted by Gasteiger charge is 2.28. The molecule has 0 radical (unpaired) electrons. The molecule has 3 fully saturated rings. The van der Waals surface area contributed by atoms with Crippen molar-refractivity contribution in [2.45, 2.75) is 44.6 Å². The molecule has 1 amide bonds. The SMILES string of the molecule is O=C(CC1CCN(Cc2csc(C3CC3)n2)CC1)N1CCOCC1. The van der Waals surface area contributed by atoms with E-state index in [4.69, 9.17) is 9.72 Å². The highest BCUT2D eigenvalue weighted by Crippen LogP contribution is 2.41. The smallest absolute Gasteiger partial charge is 0.223 e. The molecular weight excluding hydrogens is 322 g/mol. The van der Waals surface area contributed by atoms with Gasteiger partial charge < -0.3 is 9.64 Å². The van der Waals surface area contributed by atoms with E-state index in [1.807, 2.05) is 16.2 Å². The van der Waals surface area contributed by atoms with Crippen LogP contribution in [0.3, 0.4) is 0 Å². The maximum atomic E-state index is 12.4. The third-order valence-corrected chi connectivity index (χ3v) is 6.47. The van der Waals surface area contributed by atoms with E-state index >= 15 is 0 Å². The molecule has 0 bridgehead atoms. The molecule has 0 atom stereocenters. The van der Waals surface area contributed by atoms with Crippen molar-refractivity contribution in [3.05, 3.63) is 16.1 Å². The molecule has 0 N–H and O–H groups in total. The van der Waals surface area contributed by atoms with Gasteiger partial charge in [0.2, 0.25) is 5.91 Å². The minimum Gasteiger partial charge on any atom is -0.378 e. The summed E-state index contributed by atoms with van der Waals surface area (Å²) in [5.41, 5.74) is 1.24. The molecule has 0 aromatic carbocycles. The summed E-state index contributed by atoms with van der Waals surface area (Å²) in [6.45, 7) is 6.10. The lowest BCUT2D eigenvalue weighted by molar-refractivity contribution is -0.136. The summed E-state index contributed by atoms with van der Waals surface area (Å²) in [4.78, 5) is 21.6. The number of carbonyl (C=O) groups excluding carboxylic acids is 1. The van der Waals surface area contributed by atoms with Crippen LogP contribution in [0, 0.1) is 5.92 Å². The van der Waals surface area contributed by atoms with Crippen LogP contribution in [0.1, 0.15) is 48.7 Å². The Morgan fingerprint density at radius 2 is 1.92 bits per heavy atom. The number of hydrogen-bond acceptors (Lipinski definition) is 5. The molecular formula is C18H27N3O2S. The number of ether oxygens (including phenoxy) is 1. The van der Waals surface area contributed by atoms with E-state index in [0.717, 1.165) is 57.9 Å². The van der Waals surface area contributed by atoms with Crippen LogP contribution >= 0.6 is 11.3 Å². The van der Waals surface area contributed by atoms with Crippen LogP contribution in [-0.2, 0) is 16.1 Å². The summed E-state index contributed by atoms with van der Waals surface area (Å²) < 4.78 is 5.33. The Labute approximate surface area is 148 Å². The molecule has 0 unspecified atom stereocenters. The van der Waals surface area contributed by atoms with E-state index in [9.17, 15) is 4.79 Å². The van der Waals surface area contributed by atoms with Crippen molar-refractivity contribution in [1.82, 2.24) is 14.8 Å². The van der Waals surface area contributed by atoms with Crippen molar-refractivity contribution >= 4 is 17.2 Å². The fourth-order valence-electron chi connectivity index (χ4n) is 3.68. The Balaban J connectivity index is 1.20. The van der Waals surface area contributed by atoms with Crippen LogP contribution in [0.2, 0.25) is 0 Å². The van der Waals surface area contributed by atoms with Crippen molar-refractivity contribution in [2.75, 3.05) is 39.4 Å². The van der Waals surface area contributed by atoms with Gasteiger partial charge in [0.15, 0.2) is 0 Å². The highest BCUT2D eigenvalue weighted by atomic mass is 32.1. The molecule has 2 saturated heterocycles. The standard InChI is InChI=1S/C18H27N3O2S/c22-17(21-7-9-23-10-8-21)11-14-3-5-20(6-4-14)12-16-13-24-18(19-16)15-1-2-15/h13-15H,1-12H2. The number of likely N-dealkylation sites (tertiary alicyclic amines) is 1. The molecule has 3 heterocycles. The van der Waals surface area contributed by atoms with Gasteiger partial charge in [0, 0.05) is 37.4 Å². The van der Waals surface area contributed by atoms with Crippen molar-refractivity contribution in [2.24, 2.45) is 5.92 Å². The zero-order chi connectivity index (χ0) is 16.4. The molecule has 1 aromatic rings. The fraction of sp³-hybridized carbons (Fsp3) is 0.778. The van der Waals surface area contributed by atoms with Gasteiger partial charge in [0.25, 0.3) is 0 Å².